The summed E-state index contributed by atoms with van der Waals surface area (Å²) in [4.78, 5) is 23.5. The van der Waals surface area contributed by atoms with Crippen LogP contribution in [-0.4, -0.2) is 21.7 Å². The van der Waals surface area contributed by atoms with E-state index in [1.54, 1.807) is 54.9 Å². The van der Waals surface area contributed by atoms with Crippen LogP contribution in [0.5, 0.6) is 0 Å². The first-order valence-corrected chi connectivity index (χ1v) is 8.61. The van der Waals surface area contributed by atoms with Gasteiger partial charge in [0.1, 0.15) is 5.82 Å². The molecule has 0 fully saturated rings. The predicted molar refractivity (Wildman–Crippen MR) is 104 cm³/mol. The molecule has 0 saturated carbocycles. The lowest BCUT2D eigenvalue weighted by atomic mass is 10.1. The molecule has 0 spiro atoms. The van der Waals surface area contributed by atoms with Crippen LogP contribution in [0.15, 0.2) is 48.5 Å². The number of nitrogens with zero attached hydrogens (tertiary/aromatic N) is 2. The minimum atomic E-state index is -0.634. The molecule has 0 unspecified atom stereocenters. The fourth-order valence-corrected chi connectivity index (χ4v) is 2.92. The molecule has 28 heavy (non-hydrogen) atoms. The lowest BCUT2D eigenvalue weighted by Gasteiger charge is -2.08. The van der Waals surface area contributed by atoms with Crippen molar-refractivity contribution in [2.45, 2.75) is 20.4 Å². The van der Waals surface area contributed by atoms with E-state index in [1.807, 2.05) is 0 Å². The number of urea groups is 1. The van der Waals surface area contributed by atoms with Crippen molar-refractivity contribution in [2.75, 3.05) is 5.32 Å². The van der Waals surface area contributed by atoms with Crippen molar-refractivity contribution >= 4 is 17.6 Å². The third-order valence-corrected chi connectivity index (χ3v) is 4.26. The third kappa shape index (κ3) is 4.17. The topological polar surface area (TPSA) is 102 Å². The molecule has 0 aliphatic rings. The number of aromatic nitrogens is 2. The van der Waals surface area contributed by atoms with Crippen LogP contribution in [0, 0.1) is 19.7 Å². The molecule has 2 aromatic carbocycles. The highest BCUT2D eigenvalue weighted by atomic mass is 19.1. The normalized spacial score (nSPS) is 10.5. The van der Waals surface area contributed by atoms with Crippen LogP contribution in [0.25, 0.3) is 5.69 Å². The number of aryl methyl sites for hydroxylation is 1. The van der Waals surface area contributed by atoms with Gasteiger partial charge < -0.3 is 16.4 Å². The molecule has 0 atom stereocenters. The van der Waals surface area contributed by atoms with E-state index in [-0.39, 0.29) is 11.7 Å². The van der Waals surface area contributed by atoms with Gasteiger partial charge in [0.25, 0.3) is 5.91 Å². The number of benzene rings is 2. The van der Waals surface area contributed by atoms with Crippen molar-refractivity contribution in [1.82, 2.24) is 15.1 Å². The van der Waals surface area contributed by atoms with Crippen molar-refractivity contribution in [3.8, 4) is 5.69 Å². The van der Waals surface area contributed by atoms with Crippen molar-refractivity contribution in [3.05, 3.63) is 76.9 Å². The molecule has 3 aromatic rings. The molecule has 1 heterocycles. The van der Waals surface area contributed by atoms with Gasteiger partial charge in [0, 0.05) is 12.2 Å². The lowest BCUT2D eigenvalue weighted by molar-refractivity contribution is 0.0949. The molecule has 7 nitrogen and oxygen atoms in total. The summed E-state index contributed by atoms with van der Waals surface area (Å²) in [7, 11) is 0. The van der Waals surface area contributed by atoms with Gasteiger partial charge in [-0.25, -0.2) is 13.9 Å². The Bertz CT molecular complexity index is 1010. The maximum Gasteiger partial charge on any atom is 0.316 e. The largest absolute Gasteiger partial charge is 0.351 e. The fraction of sp³-hybridized carbons (Fsp3) is 0.150. The number of primary amides is 1. The summed E-state index contributed by atoms with van der Waals surface area (Å²) in [6, 6.07) is 12.3. The molecule has 0 aliphatic carbocycles. The molecular formula is C20H20FN5O2. The smallest absolute Gasteiger partial charge is 0.316 e. The first kappa shape index (κ1) is 19.1. The standard InChI is InChI=1S/C20H20FN5O2/c1-12-18(13(2)26(25-12)17-9-5-15(21)6-10-17)19(27)23-11-14-3-7-16(8-4-14)24-20(22)28/h3-10H,11H2,1-2H3,(H,23,27)(H3,22,24,28). The van der Waals surface area contributed by atoms with E-state index in [9.17, 15) is 14.0 Å². The van der Waals surface area contributed by atoms with Crippen LogP contribution in [0.3, 0.4) is 0 Å². The molecule has 8 heteroatoms. The maximum absolute atomic E-state index is 13.1. The van der Waals surface area contributed by atoms with E-state index in [4.69, 9.17) is 5.73 Å². The minimum absolute atomic E-state index is 0.248. The second kappa shape index (κ2) is 7.91. The average Bonchev–Trinajstić information content (AvgIpc) is 2.95. The first-order chi connectivity index (χ1) is 13.3. The Labute approximate surface area is 161 Å². The van der Waals surface area contributed by atoms with E-state index in [2.05, 4.69) is 15.7 Å². The van der Waals surface area contributed by atoms with E-state index in [1.165, 1.54) is 12.1 Å². The van der Waals surface area contributed by atoms with Gasteiger partial charge in [0.05, 0.1) is 22.6 Å². The summed E-state index contributed by atoms with van der Waals surface area (Å²) in [6.45, 7) is 3.87. The van der Waals surface area contributed by atoms with Gasteiger partial charge in [-0.15, -0.1) is 0 Å². The maximum atomic E-state index is 13.1. The van der Waals surface area contributed by atoms with E-state index < -0.39 is 6.03 Å². The van der Waals surface area contributed by atoms with E-state index >= 15 is 0 Å². The summed E-state index contributed by atoms with van der Waals surface area (Å²) in [6.07, 6.45) is 0. The number of amides is 3. The number of carbonyl (C=O) groups is 2. The van der Waals surface area contributed by atoms with Gasteiger partial charge >= 0.3 is 6.03 Å². The number of nitrogens with one attached hydrogen (secondary N) is 2. The summed E-state index contributed by atoms with van der Waals surface area (Å²) in [5.74, 6) is -0.581. The summed E-state index contributed by atoms with van der Waals surface area (Å²) in [5.41, 5.74) is 8.93. The Morgan fingerprint density at radius 3 is 2.32 bits per heavy atom. The molecular weight excluding hydrogens is 361 g/mol. The van der Waals surface area contributed by atoms with Crippen LogP contribution < -0.4 is 16.4 Å². The molecule has 3 amide bonds. The molecule has 0 aliphatic heterocycles. The number of hydrogen-bond acceptors (Lipinski definition) is 3. The first-order valence-electron chi connectivity index (χ1n) is 8.61. The summed E-state index contributed by atoms with van der Waals surface area (Å²) >= 11 is 0. The lowest BCUT2D eigenvalue weighted by Crippen LogP contribution is -2.24. The van der Waals surface area contributed by atoms with Crippen molar-refractivity contribution in [1.29, 1.82) is 0 Å². The van der Waals surface area contributed by atoms with Crippen LogP contribution in [0.4, 0.5) is 14.9 Å². The number of anilines is 1. The molecule has 0 bridgehead atoms. The van der Waals surface area contributed by atoms with Gasteiger partial charge in [-0.2, -0.15) is 5.10 Å². The molecule has 1 aromatic heterocycles. The quantitative estimate of drug-likeness (QED) is 0.633. The van der Waals surface area contributed by atoms with Crippen molar-refractivity contribution in [2.24, 2.45) is 5.73 Å². The zero-order valence-electron chi connectivity index (χ0n) is 15.5. The molecule has 0 saturated heterocycles. The zero-order chi connectivity index (χ0) is 20.3. The van der Waals surface area contributed by atoms with Gasteiger partial charge in [-0.05, 0) is 55.8 Å². The second-order valence-corrected chi connectivity index (χ2v) is 6.30. The Morgan fingerprint density at radius 1 is 1.07 bits per heavy atom. The molecule has 0 radical (unpaired) electrons. The second-order valence-electron chi connectivity index (χ2n) is 6.30. The highest BCUT2D eigenvalue weighted by Crippen LogP contribution is 2.18. The highest BCUT2D eigenvalue weighted by Gasteiger charge is 2.19. The Balaban J connectivity index is 1.72. The minimum Gasteiger partial charge on any atom is -0.351 e. The van der Waals surface area contributed by atoms with Crippen LogP contribution in [0.2, 0.25) is 0 Å². The summed E-state index contributed by atoms with van der Waals surface area (Å²) < 4.78 is 14.8. The SMILES string of the molecule is Cc1nn(-c2ccc(F)cc2)c(C)c1C(=O)NCc1ccc(NC(N)=O)cc1. The third-order valence-electron chi connectivity index (χ3n) is 4.26. The number of carbonyl (C=O) groups excluding carboxylic acids is 2. The number of halogens is 1. The van der Waals surface area contributed by atoms with Gasteiger partial charge in [-0.1, -0.05) is 12.1 Å². The highest BCUT2D eigenvalue weighted by molar-refractivity contribution is 5.96. The number of rotatable bonds is 5. The Hall–Kier alpha value is -3.68. The molecule has 144 valence electrons. The zero-order valence-corrected chi connectivity index (χ0v) is 15.5. The molecule has 3 rings (SSSR count). The van der Waals surface area contributed by atoms with Crippen molar-refractivity contribution in [3.63, 3.8) is 0 Å². The summed E-state index contributed by atoms with van der Waals surface area (Å²) in [5, 5.41) is 9.75. The van der Waals surface area contributed by atoms with Gasteiger partial charge in [0.15, 0.2) is 0 Å². The fourth-order valence-electron chi connectivity index (χ4n) is 2.92. The van der Waals surface area contributed by atoms with Gasteiger partial charge in [-0.3, -0.25) is 4.79 Å². The van der Waals surface area contributed by atoms with E-state index in [0.29, 0.717) is 34.9 Å². The van der Waals surface area contributed by atoms with Crippen LogP contribution in [-0.2, 0) is 6.54 Å². The monoisotopic (exact) mass is 381 g/mol. The number of hydrogen-bond donors (Lipinski definition) is 3. The van der Waals surface area contributed by atoms with E-state index in [0.717, 1.165) is 5.56 Å². The average molecular weight is 381 g/mol. The Kier molecular flexibility index (Phi) is 5.39. The van der Waals surface area contributed by atoms with Crippen LogP contribution in [0.1, 0.15) is 27.3 Å². The predicted octanol–water partition coefficient (Wildman–Crippen LogP) is 3.05. The van der Waals surface area contributed by atoms with Crippen LogP contribution >= 0.6 is 0 Å². The Morgan fingerprint density at radius 2 is 1.71 bits per heavy atom. The molecule has 4 N–H and O–H groups in total. The van der Waals surface area contributed by atoms with Crippen molar-refractivity contribution < 1.29 is 14.0 Å². The van der Waals surface area contributed by atoms with Gasteiger partial charge in [0.2, 0.25) is 0 Å². The number of nitrogens with two attached hydrogens (primary N) is 1.